The predicted molar refractivity (Wildman–Crippen MR) is 65.2 cm³/mol. The van der Waals surface area contributed by atoms with Gasteiger partial charge >= 0.3 is 0 Å². The number of nitrogens with two attached hydrogens (primary N) is 1. The Hall–Kier alpha value is -1.36. The zero-order valence-corrected chi connectivity index (χ0v) is 9.69. The Morgan fingerprint density at radius 1 is 1.44 bits per heavy atom. The van der Waals surface area contributed by atoms with E-state index in [1.807, 2.05) is 0 Å². The molecule has 1 saturated heterocycles. The van der Waals surface area contributed by atoms with Gasteiger partial charge in [0.2, 0.25) is 0 Å². The lowest BCUT2D eigenvalue weighted by atomic mass is 10.3. The molecule has 0 bridgehead atoms. The maximum Gasteiger partial charge on any atom is 0.131 e. The fourth-order valence-electron chi connectivity index (χ4n) is 2.03. The van der Waals surface area contributed by atoms with E-state index in [9.17, 15) is 0 Å². The van der Waals surface area contributed by atoms with Crippen LogP contribution in [0.25, 0.3) is 0 Å². The van der Waals surface area contributed by atoms with Crippen molar-refractivity contribution in [1.29, 1.82) is 0 Å². The fourth-order valence-corrected chi connectivity index (χ4v) is 2.03. The van der Waals surface area contributed by atoms with Crippen LogP contribution in [0.4, 0.5) is 11.6 Å². The Balaban J connectivity index is 1.82. The molecule has 2 rings (SSSR count). The summed E-state index contributed by atoms with van der Waals surface area (Å²) in [4.78, 5) is 10.5. The van der Waals surface area contributed by atoms with Crippen molar-refractivity contribution in [2.75, 3.05) is 30.7 Å². The van der Waals surface area contributed by atoms with Gasteiger partial charge in [-0.05, 0) is 32.9 Å². The van der Waals surface area contributed by atoms with E-state index in [0.29, 0.717) is 11.9 Å². The average Bonchev–Trinajstić information content (AvgIpc) is 2.79. The molecule has 1 aromatic rings. The number of likely N-dealkylation sites (tertiary alicyclic amines) is 1. The molecule has 5 heteroatoms. The van der Waals surface area contributed by atoms with E-state index in [1.165, 1.54) is 32.3 Å². The molecule has 1 aliphatic heterocycles. The van der Waals surface area contributed by atoms with Crippen molar-refractivity contribution in [3.05, 3.63) is 12.4 Å². The summed E-state index contributed by atoms with van der Waals surface area (Å²) in [5.74, 6) is 1.31. The molecule has 0 aromatic carbocycles. The van der Waals surface area contributed by atoms with E-state index >= 15 is 0 Å². The molecule has 88 valence electrons. The second-order valence-corrected chi connectivity index (χ2v) is 4.30. The third kappa shape index (κ3) is 2.82. The number of nitrogens with zero attached hydrogens (tertiary/aromatic N) is 3. The quantitative estimate of drug-likeness (QED) is 0.792. The molecule has 0 radical (unpaired) electrons. The Kier molecular flexibility index (Phi) is 3.56. The molecule has 3 N–H and O–H groups in total. The first-order valence-electron chi connectivity index (χ1n) is 5.81. The van der Waals surface area contributed by atoms with Crippen LogP contribution in [-0.2, 0) is 0 Å². The van der Waals surface area contributed by atoms with E-state index in [4.69, 9.17) is 5.73 Å². The fraction of sp³-hybridized carbons (Fsp3) is 0.636. The largest absolute Gasteiger partial charge is 0.384 e. The number of hydrogen-bond acceptors (Lipinski definition) is 5. The molecule has 1 unspecified atom stereocenters. The molecule has 0 spiro atoms. The minimum absolute atomic E-state index is 0.506. The van der Waals surface area contributed by atoms with Crippen molar-refractivity contribution in [1.82, 2.24) is 14.9 Å². The van der Waals surface area contributed by atoms with Gasteiger partial charge in [0.1, 0.15) is 18.0 Å². The molecule has 1 aromatic heterocycles. The predicted octanol–water partition coefficient (Wildman–Crippen LogP) is 0.955. The van der Waals surface area contributed by atoms with Crippen molar-refractivity contribution in [2.45, 2.75) is 25.8 Å². The highest BCUT2D eigenvalue weighted by atomic mass is 15.2. The van der Waals surface area contributed by atoms with Crippen LogP contribution in [0.15, 0.2) is 12.4 Å². The first-order valence-corrected chi connectivity index (χ1v) is 5.81. The molecule has 1 atom stereocenters. The van der Waals surface area contributed by atoms with Crippen LogP contribution >= 0.6 is 0 Å². The molecule has 2 heterocycles. The van der Waals surface area contributed by atoms with Gasteiger partial charge in [0.25, 0.3) is 0 Å². The van der Waals surface area contributed by atoms with Crippen LogP contribution in [0.3, 0.4) is 0 Å². The Morgan fingerprint density at radius 3 is 2.88 bits per heavy atom. The molecule has 1 fully saturated rings. The summed E-state index contributed by atoms with van der Waals surface area (Å²) >= 11 is 0. The molecular formula is C11H19N5. The number of anilines is 2. The SMILES string of the molecule is CC(CNc1cc(N)ncn1)N1CCCC1. The number of hydrogen-bond donors (Lipinski definition) is 2. The molecule has 16 heavy (non-hydrogen) atoms. The highest BCUT2D eigenvalue weighted by Crippen LogP contribution is 2.12. The smallest absolute Gasteiger partial charge is 0.131 e. The Morgan fingerprint density at radius 2 is 2.19 bits per heavy atom. The van der Waals surface area contributed by atoms with Gasteiger partial charge in [0.15, 0.2) is 0 Å². The second-order valence-electron chi connectivity index (χ2n) is 4.30. The number of nitrogens with one attached hydrogen (secondary N) is 1. The molecule has 0 aliphatic carbocycles. The molecule has 0 amide bonds. The van der Waals surface area contributed by atoms with Crippen molar-refractivity contribution >= 4 is 11.6 Å². The third-order valence-electron chi connectivity index (χ3n) is 3.03. The van der Waals surface area contributed by atoms with E-state index < -0.39 is 0 Å². The van der Waals surface area contributed by atoms with E-state index in [2.05, 4.69) is 27.1 Å². The van der Waals surface area contributed by atoms with Gasteiger partial charge in [0.05, 0.1) is 0 Å². The first kappa shape index (κ1) is 11.1. The lowest BCUT2D eigenvalue weighted by Gasteiger charge is -2.24. The average molecular weight is 221 g/mol. The Labute approximate surface area is 96.1 Å². The van der Waals surface area contributed by atoms with Crippen molar-refractivity contribution in [3.8, 4) is 0 Å². The zero-order valence-electron chi connectivity index (χ0n) is 9.69. The molecule has 1 aliphatic rings. The number of nitrogen functional groups attached to an aromatic ring is 1. The zero-order chi connectivity index (χ0) is 11.4. The Bertz CT molecular complexity index is 335. The summed E-state index contributed by atoms with van der Waals surface area (Å²) in [7, 11) is 0. The normalized spacial score (nSPS) is 18.6. The number of aromatic nitrogens is 2. The summed E-state index contributed by atoms with van der Waals surface area (Å²) in [6.45, 7) is 5.57. The molecule has 0 saturated carbocycles. The van der Waals surface area contributed by atoms with Crippen LogP contribution in [0, 0.1) is 0 Å². The first-order chi connectivity index (χ1) is 7.75. The monoisotopic (exact) mass is 221 g/mol. The highest BCUT2D eigenvalue weighted by Gasteiger charge is 2.17. The van der Waals surface area contributed by atoms with Crippen LogP contribution in [0.2, 0.25) is 0 Å². The lowest BCUT2D eigenvalue weighted by Crippen LogP contribution is -2.35. The topological polar surface area (TPSA) is 67.1 Å². The van der Waals surface area contributed by atoms with Crippen LogP contribution in [0.5, 0.6) is 0 Å². The van der Waals surface area contributed by atoms with Crippen LogP contribution in [0.1, 0.15) is 19.8 Å². The minimum Gasteiger partial charge on any atom is -0.384 e. The van der Waals surface area contributed by atoms with E-state index in [1.54, 1.807) is 6.07 Å². The van der Waals surface area contributed by atoms with Crippen molar-refractivity contribution in [2.24, 2.45) is 0 Å². The molecular weight excluding hydrogens is 202 g/mol. The van der Waals surface area contributed by atoms with Crippen molar-refractivity contribution < 1.29 is 0 Å². The van der Waals surface area contributed by atoms with Crippen LogP contribution < -0.4 is 11.1 Å². The van der Waals surface area contributed by atoms with Gasteiger partial charge in [-0.15, -0.1) is 0 Å². The lowest BCUT2D eigenvalue weighted by molar-refractivity contribution is 0.269. The van der Waals surface area contributed by atoms with Gasteiger partial charge in [-0.2, -0.15) is 0 Å². The maximum absolute atomic E-state index is 5.59. The maximum atomic E-state index is 5.59. The highest BCUT2D eigenvalue weighted by molar-refractivity contribution is 5.43. The second kappa shape index (κ2) is 5.12. The number of rotatable bonds is 4. The summed E-state index contributed by atoms with van der Waals surface area (Å²) in [5, 5.41) is 3.29. The van der Waals surface area contributed by atoms with E-state index in [-0.39, 0.29) is 0 Å². The van der Waals surface area contributed by atoms with Crippen LogP contribution in [-0.4, -0.2) is 40.5 Å². The van der Waals surface area contributed by atoms with E-state index in [0.717, 1.165) is 12.4 Å². The standard InChI is InChI=1S/C11H19N5/c1-9(16-4-2-3-5-16)7-13-11-6-10(12)14-8-15-11/h6,8-9H,2-5,7H2,1H3,(H3,12,13,14,15). The molecule has 5 nitrogen and oxygen atoms in total. The minimum atomic E-state index is 0.506. The van der Waals surface area contributed by atoms with Crippen molar-refractivity contribution in [3.63, 3.8) is 0 Å². The van der Waals surface area contributed by atoms with Gasteiger partial charge in [-0.1, -0.05) is 0 Å². The summed E-state index contributed by atoms with van der Waals surface area (Å²) in [6, 6.07) is 2.30. The van der Waals surface area contributed by atoms with Gasteiger partial charge < -0.3 is 11.1 Å². The summed E-state index contributed by atoms with van der Waals surface area (Å²) in [6.07, 6.45) is 4.13. The van der Waals surface area contributed by atoms with Gasteiger partial charge in [0, 0.05) is 18.7 Å². The van der Waals surface area contributed by atoms with Gasteiger partial charge in [-0.3, -0.25) is 4.90 Å². The summed E-state index contributed by atoms with van der Waals surface area (Å²) in [5.41, 5.74) is 5.59. The summed E-state index contributed by atoms with van der Waals surface area (Å²) < 4.78 is 0. The third-order valence-corrected chi connectivity index (χ3v) is 3.03. The van der Waals surface area contributed by atoms with Gasteiger partial charge in [-0.25, -0.2) is 9.97 Å².